The third kappa shape index (κ3) is 4.32. The first-order valence-electron chi connectivity index (χ1n) is 9.06. The molecule has 0 bridgehead atoms. The molecule has 1 unspecified atom stereocenters. The van der Waals surface area contributed by atoms with Crippen molar-refractivity contribution in [2.45, 2.75) is 18.6 Å². The predicted octanol–water partition coefficient (Wildman–Crippen LogP) is 2.67. The van der Waals surface area contributed by atoms with E-state index in [0.29, 0.717) is 13.1 Å². The van der Waals surface area contributed by atoms with Gasteiger partial charge in [0.1, 0.15) is 5.69 Å². The molecule has 1 aromatic carbocycles. The molecule has 0 amide bonds. The Hall–Kier alpha value is -2.35. The molecule has 1 aliphatic rings. The third-order valence-electron chi connectivity index (χ3n) is 4.82. The summed E-state index contributed by atoms with van der Waals surface area (Å²) in [6.07, 6.45) is 2.51. The van der Waals surface area contributed by atoms with Gasteiger partial charge in [-0.25, -0.2) is 0 Å². The molecule has 1 aliphatic heterocycles. The summed E-state index contributed by atoms with van der Waals surface area (Å²) in [5.41, 5.74) is 1.36. The normalized spacial score (nSPS) is 20.1. The fraction of sp³-hybridized carbons (Fsp3) is 0.350. The van der Waals surface area contributed by atoms with Crippen LogP contribution in [-0.2, 0) is 6.54 Å². The van der Waals surface area contributed by atoms with Gasteiger partial charge >= 0.3 is 0 Å². The fourth-order valence-corrected chi connectivity index (χ4v) is 4.30. The Kier molecular flexibility index (Phi) is 5.15. The van der Waals surface area contributed by atoms with Crippen LogP contribution in [0.1, 0.15) is 12.0 Å². The van der Waals surface area contributed by atoms with Gasteiger partial charge in [0, 0.05) is 39.4 Å². The second kappa shape index (κ2) is 7.72. The van der Waals surface area contributed by atoms with Crippen LogP contribution >= 0.6 is 11.3 Å². The molecule has 7 heteroatoms. The lowest BCUT2D eigenvalue weighted by molar-refractivity contribution is 0.0562. The number of hydrogen-bond acceptors (Lipinski definition) is 7. The van der Waals surface area contributed by atoms with Crippen molar-refractivity contribution in [3.63, 3.8) is 0 Å². The lowest BCUT2D eigenvalue weighted by atomic mass is 10.0. The Morgan fingerprint density at radius 2 is 1.96 bits per heavy atom. The molecular formula is C20H23N5OS. The summed E-state index contributed by atoms with van der Waals surface area (Å²) in [4.78, 5) is 8.63. The van der Waals surface area contributed by atoms with Gasteiger partial charge < -0.3 is 10.0 Å². The second-order valence-corrected chi connectivity index (χ2v) is 8.09. The van der Waals surface area contributed by atoms with Crippen LogP contribution in [0.3, 0.4) is 0 Å². The zero-order chi connectivity index (χ0) is 18.7. The van der Waals surface area contributed by atoms with Crippen LogP contribution in [0.4, 0.5) is 5.13 Å². The Morgan fingerprint density at radius 3 is 2.74 bits per heavy atom. The number of β-amino-alcohol motifs (C(OH)–C–C–N with tert-alkyl or cyclic N) is 1. The first-order valence-corrected chi connectivity index (χ1v) is 9.88. The monoisotopic (exact) mass is 381 g/mol. The lowest BCUT2D eigenvalue weighted by Gasteiger charge is -2.28. The fourth-order valence-electron chi connectivity index (χ4n) is 3.52. The molecule has 3 aromatic rings. The van der Waals surface area contributed by atoms with Crippen molar-refractivity contribution in [1.82, 2.24) is 20.1 Å². The van der Waals surface area contributed by atoms with E-state index in [-0.39, 0.29) is 0 Å². The molecular weight excluding hydrogens is 358 g/mol. The van der Waals surface area contributed by atoms with Crippen molar-refractivity contribution < 1.29 is 5.11 Å². The summed E-state index contributed by atoms with van der Waals surface area (Å²) in [5, 5.41) is 21.2. The molecule has 1 N–H and O–H groups in total. The van der Waals surface area contributed by atoms with E-state index in [1.807, 2.05) is 36.2 Å². The van der Waals surface area contributed by atoms with Crippen LogP contribution in [0.5, 0.6) is 0 Å². The standard InChI is InChI=1S/C20H23N5OS/c1-24(19-23-22-18(27-19)17-9-5-6-11-21-17)14-20(26)10-12-25(15-20)13-16-7-3-2-4-8-16/h2-9,11,26H,10,12-15H2,1H3. The molecule has 0 spiro atoms. The number of nitrogens with zero attached hydrogens (tertiary/aromatic N) is 5. The summed E-state index contributed by atoms with van der Waals surface area (Å²) in [6.45, 7) is 2.97. The minimum absolute atomic E-state index is 0.537. The molecule has 0 aliphatic carbocycles. The average Bonchev–Trinajstić information content (AvgIpc) is 3.31. The van der Waals surface area contributed by atoms with Crippen LogP contribution in [0, 0.1) is 0 Å². The highest BCUT2D eigenvalue weighted by molar-refractivity contribution is 7.18. The number of anilines is 1. The third-order valence-corrected chi connectivity index (χ3v) is 5.88. The molecule has 0 saturated carbocycles. The first kappa shape index (κ1) is 18.0. The van der Waals surface area contributed by atoms with Gasteiger partial charge in [-0.05, 0) is 24.1 Å². The zero-order valence-electron chi connectivity index (χ0n) is 15.3. The molecule has 6 nitrogen and oxygen atoms in total. The van der Waals surface area contributed by atoms with Gasteiger partial charge in [0.05, 0.1) is 5.60 Å². The molecule has 0 radical (unpaired) electrons. The van der Waals surface area contributed by atoms with Crippen LogP contribution in [0.25, 0.3) is 10.7 Å². The van der Waals surface area contributed by atoms with Gasteiger partial charge in [0.15, 0.2) is 5.01 Å². The van der Waals surface area contributed by atoms with Crippen molar-refractivity contribution in [2.24, 2.45) is 0 Å². The van der Waals surface area contributed by atoms with E-state index in [1.54, 1.807) is 6.20 Å². The Bertz CT molecular complexity index is 872. The molecule has 27 heavy (non-hydrogen) atoms. The maximum atomic E-state index is 11.1. The van der Waals surface area contributed by atoms with Crippen LogP contribution in [0.2, 0.25) is 0 Å². The summed E-state index contributed by atoms with van der Waals surface area (Å²) in [6, 6.07) is 16.1. The average molecular weight is 382 g/mol. The lowest BCUT2D eigenvalue weighted by Crippen LogP contribution is -2.43. The van der Waals surface area contributed by atoms with Crippen molar-refractivity contribution in [3.8, 4) is 10.7 Å². The maximum absolute atomic E-state index is 11.1. The Morgan fingerprint density at radius 1 is 1.15 bits per heavy atom. The van der Waals surface area contributed by atoms with Gasteiger partial charge in [-0.1, -0.05) is 47.7 Å². The van der Waals surface area contributed by atoms with E-state index >= 15 is 0 Å². The molecule has 2 aromatic heterocycles. The molecule has 1 fully saturated rings. The molecule has 3 heterocycles. The number of hydrogen-bond donors (Lipinski definition) is 1. The van der Waals surface area contributed by atoms with Crippen molar-refractivity contribution in [2.75, 3.05) is 31.6 Å². The Balaban J connectivity index is 1.38. The van der Waals surface area contributed by atoms with Gasteiger partial charge in [-0.15, -0.1) is 10.2 Å². The van der Waals surface area contributed by atoms with Crippen molar-refractivity contribution in [1.29, 1.82) is 0 Å². The van der Waals surface area contributed by atoms with E-state index in [4.69, 9.17) is 0 Å². The number of likely N-dealkylation sites (tertiary alicyclic amines) is 1. The molecule has 140 valence electrons. The number of rotatable bonds is 6. The smallest absolute Gasteiger partial charge is 0.208 e. The number of pyridine rings is 1. The minimum Gasteiger partial charge on any atom is -0.387 e. The first-order chi connectivity index (χ1) is 13.1. The van der Waals surface area contributed by atoms with Crippen LogP contribution in [-0.4, -0.2) is 57.5 Å². The largest absolute Gasteiger partial charge is 0.387 e. The SMILES string of the molecule is CN(CC1(O)CCN(Cc2ccccc2)C1)c1nnc(-c2ccccn2)s1. The topological polar surface area (TPSA) is 65.4 Å². The van der Waals surface area contributed by atoms with E-state index in [9.17, 15) is 5.11 Å². The van der Waals surface area contributed by atoms with Gasteiger partial charge in [-0.2, -0.15) is 0 Å². The molecule has 1 saturated heterocycles. The number of aliphatic hydroxyl groups is 1. The highest BCUT2D eigenvalue weighted by atomic mass is 32.1. The maximum Gasteiger partial charge on any atom is 0.208 e. The molecule has 4 rings (SSSR count). The van der Waals surface area contributed by atoms with Gasteiger partial charge in [0.2, 0.25) is 5.13 Å². The van der Waals surface area contributed by atoms with Crippen molar-refractivity contribution in [3.05, 3.63) is 60.3 Å². The second-order valence-electron chi connectivity index (χ2n) is 7.13. The van der Waals surface area contributed by atoms with Crippen LogP contribution < -0.4 is 4.90 Å². The quantitative estimate of drug-likeness (QED) is 0.708. The minimum atomic E-state index is -0.736. The summed E-state index contributed by atoms with van der Waals surface area (Å²) < 4.78 is 0. The van der Waals surface area contributed by atoms with E-state index < -0.39 is 5.60 Å². The van der Waals surface area contributed by atoms with Crippen molar-refractivity contribution >= 4 is 16.5 Å². The highest BCUT2D eigenvalue weighted by Crippen LogP contribution is 2.30. The van der Waals surface area contributed by atoms with Gasteiger partial charge in [-0.3, -0.25) is 9.88 Å². The molecule has 1 atom stereocenters. The summed E-state index contributed by atoms with van der Waals surface area (Å²) in [5.74, 6) is 0. The summed E-state index contributed by atoms with van der Waals surface area (Å²) in [7, 11) is 1.96. The number of benzene rings is 1. The van der Waals surface area contributed by atoms with Gasteiger partial charge in [0.25, 0.3) is 0 Å². The zero-order valence-corrected chi connectivity index (χ0v) is 16.1. The van der Waals surface area contributed by atoms with E-state index in [1.165, 1.54) is 16.9 Å². The van der Waals surface area contributed by atoms with Crippen LogP contribution in [0.15, 0.2) is 54.7 Å². The summed E-state index contributed by atoms with van der Waals surface area (Å²) >= 11 is 1.50. The highest BCUT2D eigenvalue weighted by Gasteiger charge is 2.37. The number of aromatic nitrogens is 3. The predicted molar refractivity (Wildman–Crippen MR) is 108 cm³/mol. The Labute approximate surface area is 163 Å². The number of likely N-dealkylation sites (N-methyl/N-ethyl adjacent to an activating group) is 1. The van der Waals surface area contributed by atoms with E-state index in [0.717, 1.165) is 35.3 Å². The van der Waals surface area contributed by atoms with E-state index in [2.05, 4.69) is 44.3 Å².